The van der Waals surface area contributed by atoms with Crippen LogP contribution in [-0.2, 0) is 0 Å². The van der Waals surface area contributed by atoms with Crippen LogP contribution in [0.15, 0.2) is 24.5 Å². The lowest BCUT2D eigenvalue weighted by Crippen LogP contribution is -2.37. The van der Waals surface area contributed by atoms with Crippen molar-refractivity contribution < 1.29 is 9.53 Å². The van der Waals surface area contributed by atoms with E-state index in [1.807, 2.05) is 45.9 Å². The van der Waals surface area contributed by atoms with Gasteiger partial charge >= 0.3 is 0 Å². The van der Waals surface area contributed by atoms with E-state index in [1.165, 1.54) is 11.3 Å². The highest BCUT2D eigenvalue weighted by Gasteiger charge is 2.21. The van der Waals surface area contributed by atoms with E-state index in [0.717, 1.165) is 64.9 Å². The van der Waals surface area contributed by atoms with E-state index in [-0.39, 0.29) is 12.0 Å². The topological polar surface area (TPSA) is 89.0 Å². The third-order valence-corrected chi connectivity index (χ3v) is 6.46. The Morgan fingerprint density at radius 1 is 1.16 bits per heavy atom. The number of aromatic nitrogens is 3. The molecule has 4 rings (SSSR count). The van der Waals surface area contributed by atoms with E-state index in [0.29, 0.717) is 10.6 Å². The largest absolute Gasteiger partial charge is 0.488 e. The van der Waals surface area contributed by atoms with Crippen LogP contribution in [0.3, 0.4) is 0 Å². The molecule has 3 aromatic rings. The molecule has 1 aliphatic heterocycles. The molecule has 31 heavy (non-hydrogen) atoms. The molecule has 2 aromatic heterocycles. The number of thiazole rings is 1. The van der Waals surface area contributed by atoms with Crippen molar-refractivity contribution in [3.63, 3.8) is 0 Å². The van der Waals surface area contributed by atoms with Gasteiger partial charge in [0.05, 0.1) is 10.7 Å². The number of carbonyl (C=O) groups excluding carboxylic acids is 1. The lowest BCUT2D eigenvalue weighted by Gasteiger charge is -2.26. The minimum atomic E-state index is -0.156. The van der Waals surface area contributed by atoms with Crippen molar-refractivity contribution in [2.45, 2.75) is 46.6 Å². The molecule has 1 saturated heterocycles. The van der Waals surface area contributed by atoms with Gasteiger partial charge in [0.1, 0.15) is 23.1 Å². The fourth-order valence-electron chi connectivity index (χ4n) is 3.92. The summed E-state index contributed by atoms with van der Waals surface area (Å²) in [5.41, 5.74) is 5.00. The number of rotatable bonds is 5. The molecule has 7 nitrogen and oxygen atoms in total. The van der Waals surface area contributed by atoms with E-state index < -0.39 is 0 Å². The maximum Gasteiger partial charge on any atom is 0.267 e. The van der Waals surface area contributed by atoms with E-state index in [9.17, 15) is 4.79 Å². The monoisotopic (exact) mass is 437 g/mol. The zero-order valence-electron chi connectivity index (χ0n) is 18.3. The van der Waals surface area contributed by atoms with Gasteiger partial charge in [0.15, 0.2) is 0 Å². The second-order valence-corrected chi connectivity index (χ2v) is 9.02. The molecule has 162 valence electrons. The lowest BCUT2D eigenvalue weighted by molar-refractivity contribution is 0.102. The highest BCUT2D eigenvalue weighted by Crippen LogP contribution is 2.36. The fourth-order valence-corrected chi connectivity index (χ4v) is 4.73. The molecule has 0 saturated carbocycles. The van der Waals surface area contributed by atoms with Gasteiger partial charge in [0.2, 0.25) is 0 Å². The van der Waals surface area contributed by atoms with Gasteiger partial charge in [-0.1, -0.05) is 0 Å². The molecule has 0 aliphatic carbocycles. The summed E-state index contributed by atoms with van der Waals surface area (Å²) in [6, 6.07) is 5.76. The number of piperidine rings is 1. The van der Waals surface area contributed by atoms with E-state index in [1.54, 1.807) is 6.33 Å². The predicted octanol–water partition coefficient (Wildman–Crippen LogP) is 4.22. The molecule has 0 spiro atoms. The normalized spacial score (nSPS) is 16.2. The Morgan fingerprint density at radius 2 is 1.94 bits per heavy atom. The van der Waals surface area contributed by atoms with Crippen LogP contribution < -0.4 is 15.4 Å². The minimum Gasteiger partial charge on any atom is -0.488 e. The SMILES string of the molecule is Cc1nc(C)c(C(=O)Nc2ccc(OC3CCCNC3)c(-c3c(C)ncnc3C)c2)s1. The fraction of sp³-hybridized carbons (Fsp3) is 0.391. The lowest BCUT2D eigenvalue weighted by atomic mass is 10.0. The van der Waals surface area contributed by atoms with Crippen LogP contribution in [0.1, 0.15) is 44.6 Å². The Labute approximate surface area is 186 Å². The second-order valence-electron chi connectivity index (χ2n) is 7.82. The summed E-state index contributed by atoms with van der Waals surface area (Å²) in [7, 11) is 0. The van der Waals surface area contributed by atoms with Crippen LogP contribution >= 0.6 is 11.3 Å². The van der Waals surface area contributed by atoms with E-state index in [4.69, 9.17) is 4.74 Å². The summed E-state index contributed by atoms with van der Waals surface area (Å²) < 4.78 is 6.38. The summed E-state index contributed by atoms with van der Waals surface area (Å²) in [5, 5.41) is 7.28. The maximum absolute atomic E-state index is 12.8. The third-order valence-electron chi connectivity index (χ3n) is 5.39. The predicted molar refractivity (Wildman–Crippen MR) is 123 cm³/mol. The van der Waals surface area contributed by atoms with Crippen molar-refractivity contribution in [3.8, 4) is 16.9 Å². The first-order chi connectivity index (χ1) is 14.9. The standard InChI is InChI=1S/C23H27N5O2S/c1-13-21(14(2)26-12-25-13)19-10-17(28-23(29)22-15(3)27-16(4)31-22)7-8-20(19)30-18-6-5-9-24-11-18/h7-8,10,12,18,24H,5-6,9,11H2,1-4H3,(H,28,29). The number of amides is 1. The maximum atomic E-state index is 12.8. The zero-order chi connectivity index (χ0) is 22.0. The van der Waals surface area contributed by atoms with Crippen LogP contribution in [0, 0.1) is 27.7 Å². The third kappa shape index (κ3) is 4.75. The number of hydrogen-bond donors (Lipinski definition) is 2. The van der Waals surface area contributed by atoms with Crippen LogP contribution in [0.25, 0.3) is 11.1 Å². The first kappa shape index (κ1) is 21.4. The highest BCUT2D eigenvalue weighted by molar-refractivity contribution is 7.13. The first-order valence-corrected chi connectivity index (χ1v) is 11.3. The highest BCUT2D eigenvalue weighted by atomic mass is 32.1. The van der Waals surface area contributed by atoms with Crippen LogP contribution in [0.4, 0.5) is 5.69 Å². The molecule has 1 aliphatic rings. The zero-order valence-corrected chi connectivity index (χ0v) is 19.1. The van der Waals surface area contributed by atoms with Crippen LogP contribution in [0.5, 0.6) is 5.75 Å². The quantitative estimate of drug-likeness (QED) is 0.621. The van der Waals surface area contributed by atoms with Crippen LogP contribution in [-0.4, -0.2) is 40.1 Å². The number of benzene rings is 1. The molecule has 1 aromatic carbocycles. The molecule has 8 heteroatoms. The van der Waals surface area contributed by atoms with Crippen molar-refractivity contribution in [1.29, 1.82) is 0 Å². The Hall–Kier alpha value is -2.84. The Kier molecular flexibility index (Phi) is 6.29. The molecular formula is C23H27N5O2S. The number of anilines is 1. The Bertz CT molecular complexity index is 1090. The van der Waals surface area contributed by atoms with Crippen LogP contribution in [0.2, 0.25) is 0 Å². The molecule has 2 N–H and O–H groups in total. The van der Waals surface area contributed by atoms with Crippen molar-refractivity contribution in [2.75, 3.05) is 18.4 Å². The number of nitrogens with zero attached hydrogens (tertiary/aromatic N) is 3. The molecule has 1 fully saturated rings. The molecule has 3 heterocycles. The summed E-state index contributed by atoms with van der Waals surface area (Å²) >= 11 is 1.40. The summed E-state index contributed by atoms with van der Waals surface area (Å²) in [4.78, 5) is 26.6. The average molecular weight is 438 g/mol. The summed E-state index contributed by atoms with van der Waals surface area (Å²) in [6.07, 6.45) is 3.79. The van der Waals surface area contributed by atoms with Crippen molar-refractivity contribution >= 4 is 22.9 Å². The molecule has 0 bridgehead atoms. The summed E-state index contributed by atoms with van der Waals surface area (Å²) in [6.45, 7) is 9.53. The van der Waals surface area contributed by atoms with Gasteiger partial charge in [0.25, 0.3) is 5.91 Å². The summed E-state index contributed by atoms with van der Waals surface area (Å²) in [5.74, 6) is 0.620. The number of hydrogen-bond acceptors (Lipinski definition) is 7. The molecule has 1 unspecified atom stereocenters. The molecular weight excluding hydrogens is 410 g/mol. The smallest absolute Gasteiger partial charge is 0.267 e. The van der Waals surface area contributed by atoms with Gasteiger partial charge in [0, 0.05) is 34.7 Å². The number of aryl methyl sites for hydroxylation is 4. The Balaban J connectivity index is 1.70. The van der Waals surface area contributed by atoms with Gasteiger partial charge < -0.3 is 15.4 Å². The van der Waals surface area contributed by atoms with Gasteiger partial charge in [-0.05, 0) is 65.3 Å². The number of carbonyl (C=O) groups is 1. The van der Waals surface area contributed by atoms with E-state index >= 15 is 0 Å². The van der Waals surface area contributed by atoms with E-state index in [2.05, 4.69) is 25.6 Å². The number of ether oxygens (including phenoxy) is 1. The van der Waals surface area contributed by atoms with Gasteiger partial charge in [-0.15, -0.1) is 11.3 Å². The van der Waals surface area contributed by atoms with Crippen molar-refractivity contribution in [2.24, 2.45) is 0 Å². The number of nitrogens with one attached hydrogen (secondary N) is 2. The molecule has 1 amide bonds. The minimum absolute atomic E-state index is 0.112. The van der Waals surface area contributed by atoms with Gasteiger partial charge in [-0.3, -0.25) is 4.79 Å². The average Bonchev–Trinajstić information content (AvgIpc) is 3.08. The van der Waals surface area contributed by atoms with Gasteiger partial charge in [-0.2, -0.15) is 0 Å². The van der Waals surface area contributed by atoms with Crippen molar-refractivity contribution in [3.05, 3.63) is 51.5 Å². The molecule has 1 atom stereocenters. The first-order valence-electron chi connectivity index (χ1n) is 10.5. The van der Waals surface area contributed by atoms with Crippen molar-refractivity contribution in [1.82, 2.24) is 20.3 Å². The Morgan fingerprint density at radius 3 is 2.58 bits per heavy atom. The van der Waals surface area contributed by atoms with Gasteiger partial charge in [-0.25, -0.2) is 15.0 Å². The molecule has 0 radical (unpaired) electrons. The second kappa shape index (κ2) is 9.11.